The van der Waals surface area contributed by atoms with E-state index < -0.39 is 0 Å². The standard InChI is InChI=1S/C11H8FN3O/c12-7-2-1-3-8-11(7)6(5-14-8)9-4-10(13)15-16-9/h1-5,14H,(H2,13,15). The molecule has 3 aromatic rings. The molecule has 0 saturated heterocycles. The molecule has 2 aromatic heterocycles. The number of hydrogen-bond acceptors (Lipinski definition) is 3. The van der Waals surface area contributed by atoms with E-state index in [1.807, 2.05) is 0 Å². The zero-order valence-corrected chi connectivity index (χ0v) is 8.20. The van der Waals surface area contributed by atoms with Gasteiger partial charge in [0.1, 0.15) is 5.82 Å². The van der Waals surface area contributed by atoms with Gasteiger partial charge in [0.05, 0.1) is 0 Å². The number of halogens is 1. The van der Waals surface area contributed by atoms with Crippen LogP contribution in [-0.4, -0.2) is 10.1 Å². The molecule has 5 heteroatoms. The number of benzene rings is 1. The summed E-state index contributed by atoms with van der Waals surface area (Å²) < 4.78 is 18.7. The molecule has 80 valence electrons. The summed E-state index contributed by atoms with van der Waals surface area (Å²) in [5, 5.41) is 4.06. The molecule has 0 spiro atoms. The molecule has 0 radical (unpaired) electrons. The van der Waals surface area contributed by atoms with E-state index in [-0.39, 0.29) is 11.6 Å². The lowest BCUT2D eigenvalue weighted by atomic mass is 10.1. The third-order valence-electron chi connectivity index (χ3n) is 2.45. The summed E-state index contributed by atoms with van der Waals surface area (Å²) in [6.45, 7) is 0. The van der Waals surface area contributed by atoms with Crippen molar-refractivity contribution in [3.05, 3.63) is 36.3 Å². The van der Waals surface area contributed by atoms with Gasteiger partial charge in [-0.2, -0.15) is 0 Å². The molecule has 16 heavy (non-hydrogen) atoms. The van der Waals surface area contributed by atoms with E-state index in [0.717, 1.165) is 0 Å². The second-order valence-corrected chi connectivity index (χ2v) is 3.48. The highest BCUT2D eigenvalue weighted by atomic mass is 19.1. The number of aromatic nitrogens is 2. The predicted octanol–water partition coefficient (Wildman–Crippen LogP) is 2.54. The first kappa shape index (κ1) is 8.96. The fraction of sp³-hybridized carbons (Fsp3) is 0. The van der Waals surface area contributed by atoms with Crippen molar-refractivity contribution in [2.24, 2.45) is 0 Å². The zero-order chi connectivity index (χ0) is 11.1. The maximum Gasteiger partial charge on any atom is 0.171 e. The second-order valence-electron chi connectivity index (χ2n) is 3.48. The van der Waals surface area contributed by atoms with Gasteiger partial charge in [-0.25, -0.2) is 4.39 Å². The van der Waals surface area contributed by atoms with Crippen LogP contribution in [0.3, 0.4) is 0 Å². The average molecular weight is 217 g/mol. The van der Waals surface area contributed by atoms with Crippen molar-refractivity contribution in [1.29, 1.82) is 0 Å². The van der Waals surface area contributed by atoms with Gasteiger partial charge in [0.15, 0.2) is 11.6 Å². The number of aromatic amines is 1. The van der Waals surface area contributed by atoms with Gasteiger partial charge in [-0.05, 0) is 12.1 Å². The molecule has 0 atom stereocenters. The quantitative estimate of drug-likeness (QED) is 0.658. The van der Waals surface area contributed by atoms with Gasteiger partial charge >= 0.3 is 0 Å². The molecule has 0 aliphatic carbocycles. The van der Waals surface area contributed by atoms with Gasteiger partial charge in [-0.15, -0.1) is 0 Å². The van der Waals surface area contributed by atoms with E-state index in [2.05, 4.69) is 10.1 Å². The maximum atomic E-state index is 13.7. The number of nitrogens with one attached hydrogen (secondary N) is 1. The Morgan fingerprint density at radius 2 is 2.25 bits per heavy atom. The first-order chi connectivity index (χ1) is 7.75. The van der Waals surface area contributed by atoms with Crippen LogP contribution in [0.15, 0.2) is 35.0 Å². The summed E-state index contributed by atoms with van der Waals surface area (Å²) in [5.41, 5.74) is 6.79. The highest BCUT2D eigenvalue weighted by molar-refractivity contribution is 5.94. The Kier molecular flexibility index (Phi) is 1.73. The van der Waals surface area contributed by atoms with Gasteiger partial charge < -0.3 is 15.2 Å². The zero-order valence-electron chi connectivity index (χ0n) is 8.20. The molecule has 2 heterocycles. The van der Waals surface area contributed by atoms with Crippen LogP contribution in [0.1, 0.15) is 0 Å². The van der Waals surface area contributed by atoms with Crippen molar-refractivity contribution >= 4 is 16.7 Å². The van der Waals surface area contributed by atoms with Crippen LogP contribution >= 0.6 is 0 Å². The van der Waals surface area contributed by atoms with Crippen LogP contribution in [0, 0.1) is 5.82 Å². The van der Waals surface area contributed by atoms with Gasteiger partial charge in [-0.1, -0.05) is 11.2 Å². The van der Waals surface area contributed by atoms with Crippen molar-refractivity contribution in [3.8, 4) is 11.3 Å². The molecular weight excluding hydrogens is 209 g/mol. The third-order valence-corrected chi connectivity index (χ3v) is 2.45. The number of nitrogens with two attached hydrogens (primary N) is 1. The van der Waals surface area contributed by atoms with Crippen molar-refractivity contribution in [3.63, 3.8) is 0 Å². The highest BCUT2D eigenvalue weighted by Gasteiger charge is 2.13. The molecule has 1 aromatic carbocycles. The molecule has 3 rings (SSSR count). The molecule has 0 saturated carbocycles. The number of fused-ring (bicyclic) bond motifs is 1. The van der Waals surface area contributed by atoms with Crippen molar-refractivity contribution in [2.45, 2.75) is 0 Å². The Morgan fingerprint density at radius 1 is 1.38 bits per heavy atom. The van der Waals surface area contributed by atoms with E-state index in [1.165, 1.54) is 6.07 Å². The minimum absolute atomic E-state index is 0.278. The Morgan fingerprint density at radius 3 is 3.00 bits per heavy atom. The first-order valence-electron chi connectivity index (χ1n) is 4.74. The third kappa shape index (κ3) is 1.18. The monoisotopic (exact) mass is 217 g/mol. The number of rotatable bonds is 1. The number of hydrogen-bond donors (Lipinski definition) is 2. The summed E-state index contributed by atoms with van der Waals surface area (Å²) in [5.74, 6) is 0.429. The Labute approximate surface area is 89.9 Å². The molecule has 3 N–H and O–H groups in total. The number of anilines is 1. The lowest BCUT2D eigenvalue weighted by molar-refractivity contribution is 0.436. The Balaban J connectivity index is 2.32. The van der Waals surface area contributed by atoms with Crippen LogP contribution in [0.5, 0.6) is 0 Å². The van der Waals surface area contributed by atoms with Crippen LogP contribution in [-0.2, 0) is 0 Å². The number of H-pyrrole nitrogens is 1. The van der Waals surface area contributed by atoms with Crippen molar-refractivity contribution in [1.82, 2.24) is 10.1 Å². The SMILES string of the molecule is Nc1cc(-c2c[nH]c3cccc(F)c23)on1. The van der Waals surface area contributed by atoms with Gasteiger partial charge in [0.25, 0.3) is 0 Å². The largest absolute Gasteiger partial charge is 0.381 e. The predicted molar refractivity (Wildman–Crippen MR) is 58.2 cm³/mol. The fourth-order valence-electron chi connectivity index (χ4n) is 1.75. The lowest BCUT2D eigenvalue weighted by Crippen LogP contribution is -1.80. The average Bonchev–Trinajstić information content (AvgIpc) is 2.84. The topological polar surface area (TPSA) is 67.8 Å². The van der Waals surface area contributed by atoms with E-state index in [9.17, 15) is 4.39 Å². The summed E-state index contributed by atoms with van der Waals surface area (Å²) in [6, 6.07) is 6.41. The smallest absolute Gasteiger partial charge is 0.171 e. The molecule has 0 fully saturated rings. The molecule has 4 nitrogen and oxygen atoms in total. The van der Waals surface area contributed by atoms with E-state index in [4.69, 9.17) is 10.3 Å². The van der Waals surface area contributed by atoms with Crippen molar-refractivity contribution < 1.29 is 8.91 Å². The minimum Gasteiger partial charge on any atom is -0.381 e. The minimum atomic E-state index is -0.302. The van der Waals surface area contributed by atoms with Crippen LogP contribution in [0.2, 0.25) is 0 Å². The molecular formula is C11H8FN3O. The van der Waals surface area contributed by atoms with E-state index in [0.29, 0.717) is 22.2 Å². The molecule has 0 aliphatic rings. The van der Waals surface area contributed by atoms with Crippen LogP contribution in [0.25, 0.3) is 22.2 Å². The van der Waals surface area contributed by atoms with E-state index >= 15 is 0 Å². The van der Waals surface area contributed by atoms with Crippen LogP contribution in [0.4, 0.5) is 10.2 Å². The Bertz CT molecular complexity index is 656. The van der Waals surface area contributed by atoms with Gasteiger partial charge in [0, 0.05) is 28.7 Å². The number of nitrogen functional groups attached to an aromatic ring is 1. The van der Waals surface area contributed by atoms with Gasteiger partial charge in [0.2, 0.25) is 0 Å². The summed E-state index contributed by atoms with van der Waals surface area (Å²) in [7, 11) is 0. The Hall–Kier alpha value is -2.30. The molecule has 0 amide bonds. The lowest BCUT2D eigenvalue weighted by Gasteiger charge is -1.94. The highest BCUT2D eigenvalue weighted by Crippen LogP contribution is 2.31. The summed E-state index contributed by atoms with van der Waals surface area (Å²) in [4.78, 5) is 2.97. The first-order valence-corrected chi connectivity index (χ1v) is 4.74. The number of nitrogens with zero attached hydrogens (tertiary/aromatic N) is 1. The maximum absolute atomic E-state index is 13.7. The van der Waals surface area contributed by atoms with E-state index in [1.54, 1.807) is 24.4 Å². The molecule has 0 bridgehead atoms. The molecule has 0 unspecified atom stereocenters. The van der Waals surface area contributed by atoms with Crippen LogP contribution < -0.4 is 5.73 Å². The fourth-order valence-corrected chi connectivity index (χ4v) is 1.75. The second kappa shape index (κ2) is 3.10. The van der Waals surface area contributed by atoms with Gasteiger partial charge in [-0.3, -0.25) is 0 Å². The van der Waals surface area contributed by atoms with Crippen molar-refractivity contribution in [2.75, 3.05) is 5.73 Å². The normalized spacial score (nSPS) is 11.1. The molecule has 0 aliphatic heterocycles. The summed E-state index contributed by atoms with van der Waals surface area (Å²) >= 11 is 0. The summed E-state index contributed by atoms with van der Waals surface area (Å²) in [6.07, 6.45) is 1.67.